The Kier molecular flexibility index (Phi) is 4.96. The number of carbonyl (C=O) groups is 1. The van der Waals surface area contributed by atoms with Crippen LogP contribution in [0.2, 0.25) is 0 Å². The molecule has 1 amide bonds. The molecule has 4 heteroatoms. The number of nitrogens with one attached hydrogen (secondary N) is 1. The summed E-state index contributed by atoms with van der Waals surface area (Å²) < 4.78 is 5.51. The number of furan rings is 1. The molecule has 102 valence electrons. The van der Waals surface area contributed by atoms with E-state index in [-0.39, 0.29) is 18.0 Å². The molecule has 0 aliphatic rings. The first kappa shape index (κ1) is 14.8. The number of rotatable bonds is 5. The first-order chi connectivity index (χ1) is 8.36. The van der Waals surface area contributed by atoms with Gasteiger partial charge in [0, 0.05) is 25.2 Å². The molecule has 18 heavy (non-hydrogen) atoms. The van der Waals surface area contributed by atoms with Gasteiger partial charge in [-0.25, -0.2) is 0 Å². The van der Waals surface area contributed by atoms with E-state index in [2.05, 4.69) is 5.32 Å². The van der Waals surface area contributed by atoms with Crippen LogP contribution in [-0.2, 0) is 4.79 Å². The van der Waals surface area contributed by atoms with E-state index in [1.807, 2.05) is 47.7 Å². The van der Waals surface area contributed by atoms with Crippen molar-refractivity contribution in [3.8, 4) is 0 Å². The van der Waals surface area contributed by atoms with Crippen molar-refractivity contribution in [3.05, 3.63) is 23.2 Å². The minimum absolute atomic E-state index is 0.103. The first-order valence-electron chi connectivity index (χ1n) is 6.44. The molecule has 0 aliphatic carbocycles. The summed E-state index contributed by atoms with van der Waals surface area (Å²) in [5.41, 5.74) is 1.12. The van der Waals surface area contributed by atoms with Crippen molar-refractivity contribution in [2.24, 2.45) is 0 Å². The van der Waals surface area contributed by atoms with Gasteiger partial charge >= 0.3 is 0 Å². The van der Waals surface area contributed by atoms with Gasteiger partial charge in [-0.15, -0.1) is 0 Å². The van der Waals surface area contributed by atoms with Crippen LogP contribution >= 0.6 is 0 Å². The number of likely N-dealkylation sites (N-methyl/N-ethyl adjacent to an activating group) is 1. The first-order valence-corrected chi connectivity index (χ1v) is 6.44. The van der Waals surface area contributed by atoms with Crippen molar-refractivity contribution < 1.29 is 9.21 Å². The van der Waals surface area contributed by atoms with Gasteiger partial charge in [-0.2, -0.15) is 0 Å². The zero-order valence-electron chi connectivity index (χ0n) is 12.2. The Morgan fingerprint density at radius 3 is 2.50 bits per heavy atom. The molecule has 0 aromatic carbocycles. The summed E-state index contributed by atoms with van der Waals surface area (Å²) in [7, 11) is 1.82. The second-order valence-corrected chi connectivity index (χ2v) is 4.83. The lowest BCUT2D eigenvalue weighted by atomic mass is 10.1. The molecule has 0 radical (unpaired) electrons. The highest BCUT2D eigenvalue weighted by Gasteiger charge is 2.20. The SMILES string of the molecule is CCN(C)C(=O)C(C)NC(C)c1cc(C)oc1C. The van der Waals surface area contributed by atoms with Gasteiger partial charge in [-0.05, 0) is 40.7 Å². The Morgan fingerprint density at radius 1 is 1.44 bits per heavy atom. The molecule has 1 aromatic heterocycles. The fraction of sp³-hybridized carbons (Fsp3) is 0.643. The molecule has 0 saturated heterocycles. The molecular formula is C14H24N2O2. The van der Waals surface area contributed by atoms with Crippen LogP contribution in [0.1, 0.15) is 43.9 Å². The van der Waals surface area contributed by atoms with Gasteiger partial charge in [0.1, 0.15) is 11.5 Å². The molecule has 0 saturated carbocycles. The average molecular weight is 252 g/mol. The third-order valence-corrected chi connectivity index (χ3v) is 3.27. The van der Waals surface area contributed by atoms with Crippen molar-refractivity contribution in [1.29, 1.82) is 0 Å². The highest BCUT2D eigenvalue weighted by atomic mass is 16.3. The Bertz CT molecular complexity index is 412. The Labute approximate surface area is 109 Å². The molecule has 1 rings (SSSR count). The maximum atomic E-state index is 12.0. The molecular weight excluding hydrogens is 228 g/mol. The third-order valence-electron chi connectivity index (χ3n) is 3.27. The second kappa shape index (κ2) is 6.05. The standard InChI is InChI=1S/C14H24N2O2/c1-7-16(6)14(17)11(4)15-10(3)13-8-9(2)18-12(13)5/h8,10-11,15H,7H2,1-6H3. The minimum Gasteiger partial charge on any atom is -0.466 e. The largest absolute Gasteiger partial charge is 0.466 e. The summed E-state index contributed by atoms with van der Waals surface area (Å²) in [6, 6.07) is 1.93. The monoisotopic (exact) mass is 252 g/mol. The molecule has 0 fully saturated rings. The lowest BCUT2D eigenvalue weighted by Gasteiger charge is -2.23. The van der Waals surface area contributed by atoms with E-state index in [9.17, 15) is 4.79 Å². The van der Waals surface area contributed by atoms with E-state index in [0.717, 1.165) is 23.6 Å². The normalized spacial score (nSPS) is 14.3. The Balaban J connectivity index is 2.67. The van der Waals surface area contributed by atoms with Gasteiger partial charge < -0.3 is 9.32 Å². The fourth-order valence-corrected chi connectivity index (χ4v) is 2.10. The molecule has 1 aromatic rings. The molecule has 1 heterocycles. The molecule has 1 N–H and O–H groups in total. The summed E-state index contributed by atoms with van der Waals surface area (Å²) in [6.45, 7) is 10.5. The number of nitrogens with zero attached hydrogens (tertiary/aromatic N) is 1. The predicted molar refractivity (Wildman–Crippen MR) is 72.5 cm³/mol. The Hall–Kier alpha value is -1.29. The van der Waals surface area contributed by atoms with Gasteiger partial charge in [0.2, 0.25) is 5.91 Å². The highest BCUT2D eigenvalue weighted by molar-refractivity contribution is 5.81. The van der Waals surface area contributed by atoms with Crippen LogP contribution in [-0.4, -0.2) is 30.4 Å². The predicted octanol–water partition coefficient (Wildman–Crippen LogP) is 2.41. The topological polar surface area (TPSA) is 45.5 Å². The maximum Gasteiger partial charge on any atom is 0.239 e. The lowest BCUT2D eigenvalue weighted by Crippen LogP contribution is -2.43. The highest BCUT2D eigenvalue weighted by Crippen LogP contribution is 2.21. The van der Waals surface area contributed by atoms with Gasteiger partial charge in [0.25, 0.3) is 0 Å². The van der Waals surface area contributed by atoms with Gasteiger partial charge in [-0.1, -0.05) is 0 Å². The molecule has 2 unspecified atom stereocenters. The summed E-state index contributed by atoms with van der Waals surface area (Å²) in [4.78, 5) is 13.7. The van der Waals surface area contributed by atoms with Crippen molar-refractivity contribution in [2.75, 3.05) is 13.6 Å². The van der Waals surface area contributed by atoms with Crippen LogP contribution in [0, 0.1) is 13.8 Å². The fourth-order valence-electron chi connectivity index (χ4n) is 2.10. The van der Waals surface area contributed by atoms with E-state index >= 15 is 0 Å². The van der Waals surface area contributed by atoms with E-state index < -0.39 is 0 Å². The van der Waals surface area contributed by atoms with Crippen molar-refractivity contribution in [3.63, 3.8) is 0 Å². The molecule has 4 nitrogen and oxygen atoms in total. The zero-order chi connectivity index (χ0) is 13.9. The number of carbonyl (C=O) groups excluding carboxylic acids is 1. The van der Waals surface area contributed by atoms with E-state index in [1.165, 1.54) is 0 Å². The summed E-state index contributed by atoms with van der Waals surface area (Å²) in [5.74, 6) is 1.93. The number of hydrogen-bond donors (Lipinski definition) is 1. The lowest BCUT2D eigenvalue weighted by molar-refractivity contribution is -0.131. The van der Waals surface area contributed by atoms with E-state index in [0.29, 0.717) is 0 Å². The van der Waals surface area contributed by atoms with Gasteiger partial charge in [0.05, 0.1) is 6.04 Å². The van der Waals surface area contributed by atoms with Gasteiger partial charge in [-0.3, -0.25) is 10.1 Å². The van der Waals surface area contributed by atoms with Crippen molar-refractivity contribution in [2.45, 2.75) is 46.7 Å². The van der Waals surface area contributed by atoms with Gasteiger partial charge in [0.15, 0.2) is 0 Å². The second-order valence-electron chi connectivity index (χ2n) is 4.83. The van der Waals surface area contributed by atoms with Crippen molar-refractivity contribution in [1.82, 2.24) is 10.2 Å². The maximum absolute atomic E-state index is 12.0. The van der Waals surface area contributed by atoms with Crippen LogP contribution in [0.4, 0.5) is 0 Å². The molecule has 2 atom stereocenters. The molecule has 0 aliphatic heterocycles. The quantitative estimate of drug-likeness (QED) is 0.875. The number of hydrogen-bond acceptors (Lipinski definition) is 3. The smallest absolute Gasteiger partial charge is 0.239 e. The Morgan fingerprint density at radius 2 is 2.06 bits per heavy atom. The zero-order valence-corrected chi connectivity index (χ0v) is 12.2. The third kappa shape index (κ3) is 3.35. The van der Waals surface area contributed by atoms with Crippen LogP contribution in [0.25, 0.3) is 0 Å². The molecule has 0 spiro atoms. The van der Waals surface area contributed by atoms with Crippen LogP contribution in [0.5, 0.6) is 0 Å². The van der Waals surface area contributed by atoms with Crippen molar-refractivity contribution >= 4 is 5.91 Å². The minimum atomic E-state index is -0.195. The van der Waals surface area contributed by atoms with Crippen LogP contribution in [0.15, 0.2) is 10.5 Å². The molecule has 0 bridgehead atoms. The number of aryl methyl sites for hydroxylation is 2. The van der Waals surface area contributed by atoms with Crippen LogP contribution in [0.3, 0.4) is 0 Å². The van der Waals surface area contributed by atoms with E-state index in [1.54, 1.807) is 4.90 Å². The van der Waals surface area contributed by atoms with E-state index in [4.69, 9.17) is 4.42 Å². The number of amides is 1. The van der Waals surface area contributed by atoms with Crippen LogP contribution < -0.4 is 5.32 Å². The summed E-state index contributed by atoms with van der Waals surface area (Å²) in [6.07, 6.45) is 0. The average Bonchev–Trinajstić information content (AvgIpc) is 2.66. The summed E-state index contributed by atoms with van der Waals surface area (Å²) in [5, 5.41) is 3.31. The summed E-state index contributed by atoms with van der Waals surface area (Å²) >= 11 is 0.